The number of aromatic nitrogens is 4. The molecule has 0 aliphatic carbocycles. The lowest BCUT2D eigenvalue weighted by Crippen LogP contribution is -2.31. The predicted molar refractivity (Wildman–Crippen MR) is 108 cm³/mol. The lowest BCUT2D eigenvalue weighted by molar-refractivity contribution is 0.482. The van der Waals surface area contributed by atoms with E-state index in [1.165, 1.54) is 12.1 Å². The molecule has 3 aromatic rings. The first-order valence-corrected chi connectivity index (χ1v) is 9.03. The quantitative estimate of drug-likeness (QED) is 0.682. The van der Waals surface area contributed by atoms with Crippen LogP contribution in [0.4, 0.5) is 10.1 Å². The van der Waals surface area contributed by atoms with Crippen LogP contribution in [-0.4, -0.2) is 36.6 Å². The minimum Gasteiger partial charge on any atom is -0.346 e. The number of hydrogen-bond donors (Lipinski definition) is 1. The van der Waals surface area contributed by atoms with Crippen LogP contribution in [0.5, 0.6) is 0 Å². The van der Waals surface area contributed by atoms with Crippen molar-refractivity contribution in [3.63, 3.8) is 0 Å². The van der Waals surface area contributed by atoms with Crippen LogP contribution in [-0.2, 0) is 20.1 Å². The first kappa shape index (κ1) is 19.0. The Morgan fingerprint density at radius 2 is 1.93 bits per heavy atom. The molecule has 27 heavy (non-hydrogen) atoms. The first-order chi connectivity index (χ1) is 12.8. The van der Waals surface area contributed by atoms with E-state index in [9.17, 15) is 4.39 Å². The molecule has 1 N–H and O–H groups in total. The van der Waals surface area contributed by atoms with E-state index >= 15 is 0 Å². The zero-order valence-electron chi connectivity index (χ0n) is 15.9. The second kappa shape index (κ2) is 7.87. The van der Waals surface area contributed by atoms with Gasteiger partial charge in [-0.3, -0.25) is 9.36 Å². The summed E-state index contributed by atoms with van der Waals surface area (Å²) >= 11 is 5.55. The number of hydrogen-bond acceptors (Lipinski definition) is 3. The van der Waals surface area contributed by atoms with Gasteiger partial charge in [0.2, 0.25) is 0 Å². The third-order valence-corrected chi connectivity index (χ3v) is 4.94. The minimum atomic E-state index is -0.240. The zero-order valence-corrected chi connectivity index (χ0v) is 16.7. The highest BCUT2D eigenvalue weighted by molar-refractivity contribution is 7.80. The van der Waals surface area contributed by atoms with Gasteiger partial charge in [-0.2, -0.15) is 10.2 Å². The molecule has 8 heteroatoms. The minimum absolute atomic E-state index is 0.240. The van der Waals surface area contributed by atoms with Gasteiger partial charge in [-0.1, -0.05) is 12.1 Å². The Balaban J connectivity index is 1.71. The molecule has 0 aliphatic rings. The molecule has 3 rings (SSSR count). The molecule has 2 aromatic heterocycles. The fourth-order valence-corrected chi connectivity index (χ4v) is 3.03. The molecule has 2 heterocycles. The van der Waals surface area contributed by atoms with Crippen molar-refractivity contribution < 1.29 is 4.39 Å². The van der Waals surface area contributed by atoms with Crippen molar-refractivity contribution in [1.82, 2.24) is 24.5 Å². The van der Waals surface area contributed by atoms with Gasteiger partial charge >= 0.3 is 0 Å². The maximum Gasteiger partial charge on any atom is 0.173 e. The summed E-state index contributed by atoms with van der Waals surface area (Å²) in [6, 6.07) is 8.43. The number of benzene rings is 1. The average molecular weight is 387 g/mol. The van der Waals surface area contributed by atoms with Crippen LogP contribution < -0.4 is 5.32 Å². The van der Waals surface area contributed by atoms with E-state index in [2.05, 4.69) is 15.5 Å². The summed E-state index contributed by atoms with van der Waals surface area (Å²) < 4.78 is 16.8. The van der Waals surface area contributed by atoms with Crippen LogP contribution in [0.1, 0.15) is 22.6 Å². The fourth-order valence-electron chi connectivity index (χ4n) is 2.87. The summed E-state index contributed by atoms with van der Waals surface area (Å²) in [5.74, 6) is -0.240. The van der Waals surface area contributed by atoms with Gasteiger partial charge in [-0.05, 0) is 49.8 Å². The van der Waals surface area contributed by atoms with Crippen molar-refractivity contribution in [2.24, 2.45) is 7.05 Å². The van der Waals surface area contributed by atoms with E-state index in [0.29, 0.717) is 18.2 Å². The zero-order chi connectivity index (χ0) is 19.6. The Morgan fingerprint density at radius 1 is 1.22 bits per heavy atom. The fraction of sp³-hybridized carbons (Fsp3) is 0.316. The highest BCUT2D eigenvalue weighted by Crippen LogP contribution is 2.21. The van der Waals surface area contributed by atoms with Crippen LogP contribution in [0.2, 0.25) is 0 Å². The molecule has 0 saturated carbocycles. The van der Waals surface area contributed by atoms with Crippen molar-refractivity contribution in [3.8, 4) is 0 Å². The van der Waals surface area contributed by atoms with Gasteiger partial charge in [0.25, 0.3) is 0 Å². The van der Waals surface area contributed by atoms with Gasteiger partial charge < -0.3 is 10.2 Å². The van der Waals surface area contributed by atoms with E-state index in [0.717, 1.165) is 28.3 Å². The monoisotopic (exact) mass is 386 g/mol. The SMILES string of the molecule is Cc1nn(Cc2ccc(F)cc2)c(C)c1NC(=S)N(C)Cc1ccnn1C. The molecule has 0 aliphatic heterocycles. The molecule has 6 nitrogen and oxygen atoms in total. The second-order valence-electron chi connectivity index (χ2n) is 6.56. The Morgan fingerprint density at radius 3 is 2.56 bits per heavy atom. The highest BCUT2D eigenvalue weighted by Gasteiger charge is 2.15. The van der Waals surface area contributed by atoms with Crippen molar-refractivity contribution in [2.75, 3.05) is 12.4 Å². The van der Waals surface area contributed by atoms with E-state index in [1.807, 2.05) is 48.3 Å². The van der Waals surface area contributed by atoms with Crippen LogP contribution in [0, 0.1) is 19.7 Å². The van der Waals surface area contributed by atoms with Gasteiger partial charge in [0.05, 0.1) is 35.9 Å². The number of aryl methyl sites for hydroxylation is 2. The van der Waals surface area contributed by atoms with Crippen LogP contribution in [0.15, 0.2) is 36.5 Å². The lowest BCUT2D eigenvalue weighted by Gasteiger charge is -2.21. The summed E-state index contributed by atoms with van der Waals surface area (Å²) in [6.45, 7) is 5.17. The third-order valence-electron chi connectivity index (χ3n) is 4.53. The van der Waals surface area contributed by atoms with Crippen molar-refractivity contribution in [2.45, 2.75) is 26.9 Å². The topological polar surface area (TPSA) is 50.9 Å². The van der Waals surface area contributed by atoms with Crippen molar-refractivity contribution >= 4 is 23.0 Å². The largest absolute Gasteiger partial charge is 0.346 e. The van der Waals surface area contributed by atoms with Crippen LogP contribution in [0.3, 0.4) is 0 Å². The molecule has 0 atom stereocenters. The summed E-state index contributed by atoms with van der Waals surface area (Å²) in [4.78, 5) is 1.96. The second-order valence-corrected chi connectivity index (χ2v) is 6.95. The lowest BCUT2D eigenvalue weighted by atomic mass is 10.2. The van der Waals surface area contributed by atoms with Crippen LogP contribution >= 0.6 is 12.2 Å². The third kappa shape index (κ3) is 4.33. The number of nitrogens with one attached hydrogen (secondary N) is 1. The maximum atomic E-state index is 13.1. The Kier molecular flexibility index (Phi) is 5.55. The summed E-state index contributed by atoms with van der Waals surface area (Å²) in [7, 11) is 3.85. The number of thiocarbonyl (C=S) groups is 1. The molecule has 0 amide bonds. The summed E-state index contributed by atoms with van der Waals surface area (Å²) in [5.41, 5.74) is 4.81. The Labute approximate surface area is 163 Å². The standard InChI is InChI=1S/C19H23FN6S/c1-13-18(22-19(27)24(3)12-17-9-10-21-25(17)4)14(2)26(23-13)11-15-5-7-16(20)8-6-15/h5-10H,11-12H2,1-4H3,(H,22,27). The molecular weight excluding hydrogens is 363 g/mol. The number of halogens is 1. The van der Waals surface area contributed by atoms with Gasteiger partial charge in [-0.15, -0.1) is 0 Å². The van der Waals surface area contributed by atoms with E-state index < -0.39 is 0 Å². The van der Waals surface area contributed by atoms with Crippen LogP contribution in [0.25, 0.3) is 0 Å². The van der Waals surface area contributed by atoms with Gasteiger partial charge in [0.15, 0.2) is 5.11 Å². The maximum absolute atomic E-state index is 13.1. The summed E-state index contributed by atoms with van der Waals surface area (Å²) in [5, 5.41) is 12.7. The molecule has 0 fully saturated rings. The highest BCUT2D eigenvalue weighted by atomic mass is 32.1. The van der Waals surface area contributed by atoms with Gasteiger partial charge in [0.1, 0.15) is 5.82 Å². The number of nitrogens with zero attached hydrogens (tertiary/aromatic N) is 5. The molecule has 0 saturated heterocycles. The first-order valence-electron chi connectivity index (χ1n) is 8.62. The number of rotatable bonds is 5. The normalized spacial score (nSPS) is 10.9. The molecule has 0 unspecified atom stereocenters. The van der Waals surface area contributed by atoms with E-state index in [1.54, 1.807) is 18.3 Å². The Bertz CT molecular complexity index is 944. The van der Waals surface area contributed by atoms with Crippen molar-refractivity contribution in [3.05, 3.63) is 65.0 Å². The number of anilines is 1. The van der Waals surface area contributed by atoms with Crippen molar-refractivity contribution in [1.29, 1.82) is 0 Å². The average Bonchev–Trinajstić information content (AvgIpc) is 3.15. The van der Waals surface area contributed by atoms with E-state index in [4.69, 9.17) is 12.2 Å². The summed E-state index contributed by atoms with van der Waals surface area (Å²) in [6.07, 6.45) is 1.77. The smallest absolute Gasteiger partial charge is 0.173 e. The van der Waals surface area contributed by atoms with Gasteiger partial charge in [0, 0.05) is 20.3 Å². The Hall–Kier alpha value is -2.74. The molecule has 0 spiro atoms. The van der Waals surface area contributed by atoms with Gasteiger partial charge in [-0.25, -0.2) is 4.39 Å². The molecule has 142 valence electrons. The molecule has 0 radical (unpaired) electrons. The predicted octanol–water partition coefficient (Wildman–Crippen LogP) is 3.25. The molecular formula is C19H23FN6S. The molecule has 1 aromatic carbocycles. The molecule has 0 bridgehead atoms. The van der Waals surface area contributed by atoms with E-state index in [-0.39, 0.29) is 5.82 Å².